The molecule has 1 aliphatic rings. The van der Waals surface area contributed by atoms with Gasteiger partial charge in [-0.15, -0.1) is 11.3 Å². The smallest absolute Gasteiger partial charge is 0.263 e. The molecule has 3 heterocycles. The van der Waals surface area contributed by atoms with Crippen molar-refractivity contribution in [2.24, 2.45) is 0 Å². The lowest BCUT2D eigenvalue weighted by Crippen LogP contribution is -2.23. The summed E-state index contributed by atoms with van der Waals surface area (Å²) in [6, 6.07) is 0. The fourth-order valence-corrected chi connectivity index (χ4v) is 5.93. The maximum absolute atomic E-state index is 13.0. The van der Waals surface area contributed by atoms with Crippen LogP contribution in [0.4, 0.5) is 0 Å². The normalized spacial score (nSPS) is 13.8. The Balaban J connectivity index is 1.89. The Morgan fingerprint density at radius 3 is 2.91 bits per heavy atom. The Kier molecular flexibility index (Phi) is 3.98. The first-order valence-corrected chi connectivity index (χ1v) is 10.1. The van der Waals surface area contributed by atoms with Gasteiger partial charge in [-0.25, -0.2) is 9.97 Å². The zero-order valence-corrected chi connectivity index (χ0v) is 15.4. The molecule has 0 saturated heterocycles. The first-order chi connectivity index (χ1) is 11.2. The number of fused-ring (bicyclic) bond motifs is 3. The van der Waals surface area contributed by atoms with Crippen molar-refractivity contribution >= 4 is 44.8 Å². The molecule has 1 aliphatic carbocycles. The number of aromatic nitrogens is 4. The van der Waals surface area contributed by atoms with Gasteiger partial charge in [0.25, 0.3) is 5.56 Å². The standard InChI is InChI=1S/C15H16N4OS3/c1-3-7-19-13(20)11-9-5-4-6-10(9)21-12(11)17-14(19)22-15-16-8(2)18-23-15/h3-7H2,1-2H3. The summed E-state index contributed by atoms with van der Waals surface area (Å²) in [6.45, 7) is 4.64. The van der Waals surface area contributed by atoms with E-state index in [0.717, 1.165) is 51.2 Å². The Labute approximate surface area is 146 Å². The molecule has 0 amide bonds. The molecular weight excluding hydrogens is 348 g/mol. The Hall–Kier alpha value is -1.25. The van der Waals surface area contributed by atoms with Gasteiger partial charge in [0, 0.05) is 11.4 Å². The van der Waals surface area contributed by atoms with Crippen LogP contribution in [0.1, 0.15) is 36.0 Å². The number of hydrogen-bond acceptors (Lipinski definition) is 7. The molecule has 0 aliphatic heterocycles. The molecule has 0 bridgehead atoms. The predicted octanol–water partition coefficient (Wildman–Crippen LogP) is 3.67. The molecule has 0 N–H and O–H groups in total. The van der Waals surface area contributed by atoms with Crippen LogP contribution >= 0.6 is 34.6 Å². The van der Waals surface area contributed by atoms with Gasteiger partial charge in [-0.1, -0.05) is 6.92 Å². The van der Waals surface area contributed by atoms with Crippen LogP contribution in [-0.4, -0.2) is 18.9 Å². The number of hydrogen-bond donors (Lipinski definition) is 0. The summed E-state index contributed by atoms with van der Waals surface area (Å²) in [7, 11) is 0. The minimum atomic E-state index is 0.111. The van der Waals surface area contributed by atoms with E-state index in [0.29, 0.717) is 6.54 Å². The van der Waals surface area contributed by atoms with Crippen molar-refractivity contribution in [3.05, 3.63) is 26.6 Å². The summed E-state index contributed by atoms with van der Waals surface area (Å²) >= 11 is 4.49. The van der Waals surface area contributed by atoms with Gasteiger partial charge >= 0.3 is 0 Å². The van der Waals surface area contributed by atoms with Crippen molar-refractivity contribution in [3.63, 3.8) is 0 Å². The molecule has 4 rings (SSSR count). The van der Waals surface area contributed by atoms with Crippen LogP contribution in [0.3, 0.4) is 0 Å². The summed E-state index contributed by atoms with van der Waals surface area (Å²) in [5, 5.41) is 1.59. The van der Waals surface area contributed by atoms with Gasteiger partial charge in [0.15, 0.2) is 9.50 Å². The van der Waals surface area contributed by atoms with Gasteiger partial charge in [-0.3, -0.25) is 9.36 Å². The lowest BCUT2D eigenvalue weighted by Gasteiger charge is -2.10. The van der Waals surface area contributed by atoms with Crippen LogP contribution < -0.4 is 5.56 Å². The van der Waals surface area contributed by atoms with Crippen LogP contribution in [0.2, 0.25) is 0 Å². The highest BCUT2D eigenvalue weighted by Gasteiger charge is 2.23. The van der Waals surface area contributed by atoms with Crippen LogP contribution in [0.15, 0.2) is 14.3 Å². The van der Waals surface area contributed by atoms with E-state index in [1.807, 2.05) is 11.5 Å². The molecule has 8 heteroatoms. The average molecular weight is 365 g/mol. The first kappa shape index (κ1) is 15.3. The van der Waals surface area contributed by atoms with Crippen molar-refractivity contribution in [2.75, 3.05) is 0 Å². The first-order valence-electron chi connectivity index (χ1n) is 7.70. The van der Waals surface area contributed by atoms with E-state index < -0.39 is 0 Å². The molecule has 23 heavy (non-hydrogen) atoms. The van der Waals surface area contributed by atoms with Crippen molar-refractivity contribution in [1.82, 2.24) is 18.9 Å². The van der Waals surface area contributed by atoms with E-state index in [1.165, 1.54) is 33.7 Å². The summed E-state index contributed by atoms with van der Waals surface area (Å²) in [4.78, 5) is 24.5. The second-order valence-electron chi connectivity index (χ2n) is 5.60. The van der Waals surface area contributed by atoms with E-state index in [9.17, 15) is 4.79 Å². The Morgan fingerprint density at radius 2 is 2.17 bits per heavy atom. The largest absolute Gasteiger partial charge is 0.287 e. The third-order valence-electron chi connectivity index (χ3n) is 3.92. The maximum Gasteiger partial charge on any atom is 0.263 e. The number of aryl methyl sites for hydroxylation is 3. The maximum atomic E-state index is 13.0. The topological polar surface area (TPSA) is 60.7 Å². The molecule has 0 aromatic carbocycles. The van der Waals surface area contributed by atoms with Crippen LogP contribution in [-0.2, 0) is 19.4 Å². The molecule has 0 radical (unpaired) electrons. The summed E-state index contributed by atoms with van der Waals surface area (Å²) in [6.07, 6.45) is 4.16. The highest BCUT2D eigenvalue weighted by molar-refractivity contribution is 8.00. The molecule has 0 spiro atoms. The quantitative estimate of drug-likeness (QED) is 0.661. The van der Waals surface area contributed by atoms with Crippen molar-refractivity contribution in [2.45, 2.75) is 55.6 Å². The second-order valence-corrected chi connectivity index (χ2v) is 8.65. The van der Waals surface area contributed by atoms with Crippen LogP contribution in [0.5, 0.6) is 0 Å². The number of thiophene rings is 1. The van der Waals surface area contributed by atoms with E-state index in [2.05, 4.69) is 16.3 Å². The predicted molar refractivity (Wildman–Crippen MR) is 95.0 cm³/mol. The summed E-state index contributed by atoms with van der Waals surface area (Å²) in [5.74, 6) is 0.762. The summed E-state index contributed by atoms with van der Waals surface area (Å²) in [5.41, 5.74) is 1.36. The van der Waals surface area contributed by atoms with Gasteiger partial charge in [0.1, 0.15) is 10.7 Å². The number of nitrogens with zero attached hydrogens (tertiary/aromatic N) is 4. The fraction of sp³-hybridized carbons (Fsp3) is 0.467. The van der Waals surface area contributed by atoms with Gasteiger partial charge < -0.3 is 0 Å². The lowest BCUT2D eigenvalue weighted by molar-refractivity contribution is 0.585. The minimum Gasteiger partial charge on any atom is -0.287 e. The average Bonchev–Trinajstić information content (AvgIpc) is 3.19. The van der Waals surface area contributed by atoms with E-state index in [1.54, 1.807) is 11.3 Å². The molecular formula is C15H16N4OS3. The van der Waals surface area contributed by atoms with Crippen molar-refractivity contribution < 1.29 is 0 Å². The molecule has 0 fully saturated rings. The zero-order valence-electron chi connectivity index (χ0n) is 13.0. The molecule has 3 aromatic heterocycles. The van der Waals surface area contributed by atoms with E-state index in [-0.39, 0.29) is 5.56 Å². The second kappa shape index (κ2) is 5.99. The van der Waals surface area contributed by atoms with Gasteiger partial charge in [0.05, 0.1) is 5.39 Å². The molecule has 120 valence electrons. The lowest BCUT2D eigenvalue weighted by atomic mass is 10.2. The van der Waals surface area contributed by atoms with Gasteiger partial charge in [0.2, 0.25) is 0 Å². The van der Waals surface area contributed by atoms with Crippen LogP contribution in [0, 0.1) is 6.92 Å². The highest BCUT2D eigenvalue weighted by atomic mass is 32.2. The molecule has 0 saturated carbocycles. The molecule has 0 atom stereocenters. The SMILES string of the molecule is CCCn1c(Sc2nc(C)ns2)nc2sc3c(c2c1=O)CCC3. The third kappa shape index (κ3) is 2.62. The summed E-state index contributed by atoms with van der Waals surface area (Å²) < 4.78 is 6.86. The van der Waals surface area contributed by atoms with E-state index in [4.69, 9.17) is 4.98 Å². The Morgan fingerprint density at radius 1 is 1.30 bits per heavy atom. The molecule has 3 aromatic rings. The molecule has 5 nitrogen and oxygen atoms in total. The minimum absolute atomic E-state index is 0.111. The monoisotopic (exact) mass is 364 g/mol. The zero-order chi connectivity index (χ0) is 16.0. The third-order valence-corrected chi connectivity index (χ3v) is 6.95. The Bertz CT molecular complexity index is 940. The highest BCUT2D eigenvalue weighted by Crippen LogP contribution is 2.36. The van der Waals surface area contributed by atoms with Crippen molar-refractivity contribution in [3.8, 4) is 0 Å². The van der Waals surface area contributed by atoms with Crippen molar-refractivity contribution in [1.29, 1.82) is 0 Å². The van der Waals surface area contributed by atoms with E-state index >= 15 is 0 Å². The molecule has 0 unspecified atom stereocenters. The van der Waals surface area contributed by atoms with Crippen LogP contribution in [0.25, 0.3) is 10.2 Å². The fourth-order valence-electron chi connectivity index (χ4n) is 2.95. The number of rotatable bonds is 4. The van der Waals surface area contributed by atoms with Gasteiger partial charge in [-0.05, 0) is 61.5 Å². The van der Waals surface area contributed by atoms with Gasteiger partial charge in [-0.2, -0.15) is 4.37 Å².